The molecule has 3 rings (SSSR count). The first-order chi connectivity index (χ1) is 9.58. The summed E-state index contributed by atoms with van der Waals surface area (Å²) in [6.07, 6.45) is 0. The molecule has 0 aliphatic carbocycles. The first-order valence-corrected chi connectivity index (χ1v) is 6.06. The van der Waals surface area contributed by atoms with Crippen LogP contribution in [-0.2, 0) is 0 Å². The Morgan fingerprint density at radius 1 is 1.20 bits per heavy atom. The molecule has 1 N–H and O–H groups in total. The van der Waals surface area contributed by atoms with Crippen LogP contribution in [0, 0.1) is 5.82 Å². The van der Waals surface area contributed by atoms with E-state index in [0.29, 0.717) is 29.3 Å². The van der Waals surface area contributed by atoms with Crippen molar-refractivity contribution in [2.24, 2.45) is 0 Å². The molecule has 20 heavy (non-hydrogen) atoms. The topological polar surface area (TPSA) is 73.3 Å². The fourth-order valence-corrected chi connectivity index (χ4v) is 2.06. The molecule has 8 heteroatoms. The molecule has 0 unspecified atom stereocenters. The Morgan fingerprint density at radius 3 is 2.65 bits per heavy atom. The Labute approximate surface area is 116 Å². The number of aromatic nitrogens is 2. The van der Waals surface area contributed by atoms with E-state index < -0.39 is 22.2 Å². The van der Waals surface area contributed by atoms with Gasteiger partial charge in [-0.15, -0.1) is 0 Å². The van der Waals surface area contributed by atoms with Crippen LogP contribution in [0.3, 0.4) is 0 Å². The van der Waals surface area contributed by atoms with Gasteiger partial charge in [0.25, 0.3) is 5.56 Å². The number of benzene rings is 1. The predicted octanol–water partition coefficient (Wildman–Crippen LogP) is 1.09. The second kappa shape index (κ2) is 4.68. The molecule has 0 fully saturated rings. The van der Waals surface area contributed by atoms with E-state index in [9.17, 15) is 14.0 Å². The van der Waals surface area contributed by atoms with Crippen molar-refractivity contribution in [1.82, 2.24) is 9.55 Å². The summed E-state index contributed by atoms with van der Waals surface area (Å²) in [7, 11) is 0. The van der Waals surface area contributed by atoms with E-state index in [0.717, 1.165) is 0 Å². The summed E-state index contributed by atoms with van der Waals surface area (Å²) in [4.78, 5) is 25.6. The first-order valence-electron chi connectivity index (χ1n) is 5.68. The van der Waals surface area contributed by atoms with Gasteiger partial charge in [-0.1, -0.05) is 11.6 Å². The van der Waals surface area contributed by atoms with Gasteiger partial charge in [-0.25, -0.2) is 9.36 Å². The number of halogens is 2. The molecule has 6 nitrogen and oxygen atoms in total. The quantitative estimate of drug-likeness (QED) is 0.800. The number of hydrogen-bond acceptors (Lipinski definition) is 4. The number of aromatic amines is 1. The molecular formula is C12H8ClFN2O4. The van der Waals surface area contributed by atoms with E-state index >= 15 is 0 Å². The summed E-state index contributed by atoms with van der Waals surface area (Å²) in [5, 5.41) is -0.617. The van der Waals surface area contributed by atoms with Crippen molar-refractivity contribution in [3.8, 4) is 17.2 Å². The number of hydrogen-bond donors (Lipinski definition) is 1. The molecule has 0 atom stereocenters. The van der Waals surface area contributed by atoms with E-state index in [1.54, 1.807) is 6.07 Å². The molecule has 1 aromatic heterocycles. The van der Waals surface area contributed by atoms with Crippen LogP contribution >= 0.6 is 11.6 Å². The van der Waals surface area contributed by atoms with Gasteiger partial charge in [0.15, 0.2) is 16.7 Å². The molecule has 0 amide bonds. The highest BCUT2D eigenvalue weighted by atomic mass is 35.5. The van der Waals surface area contributed by atoms with Gasteiger partial charge in [0, 0.05) is 6.07 Å². The maximum Gasteiger partial charge on any atom is 0.334 e. The average molecular weight is 299 g/mol. The van der Waals surface area contributed by atoms with Crippen molar-refractivity contribution in [3.05, 3.63) is 50.0 Å². The van der Waals surface area contributed by atoms with Gasteiger partial charge in [-0.2, -0.15) is 4.39 Å². The molecule has 0 radical (unpaired) electrons. The van der Waals surface area contributed by atoms with E-state index in [2.05, 4.69) is 4.98 Å². The smallest absolute Gasteiger partial charge is 0.334 e. The number of fused-ring (bicyclic) bond motifs is 1. The third-order valence-corrected chi connectivity index (χ3v) is 3.05. The van der Waals surface area contributed by atoms with Crippen LogP contribution in [0.25, 0.3) is 5.69 Å². The van der Waals surface area contributed by atoms with Gasteiger partial charge in [-0.05, 0) is 12.1 Å². The minimum Gasteiger partial charge on any atom is -0.486 e. The van der Waals surface area contributed by atoms with Gasteiger partial charge in [0.2, 0.25) is 5.82 Å². The lowest BCUT2D eigenvalue weighted by Crippen LogP contribution is -2.35. The number of rotatable bonds is 1. The monoisotopic (exact) mass is 298 g/mol. The predicted molar refractivity (Wildman–Crippen MR) is 68.6 cm³/mol. The molecule has 104 valence electrons. The molecule has 1 aromatic carbocycles. The third kappa shape index (κ3) is 1.96. The highest BCUT2D eigenvalue weighted by molar-refractivity contribution is 6.29. The number of nitrogens with zero attached hydrogens (tertiary/aromatic N) is 1. The van der Waals surface area contributed by atoms with Gasteiger partial charge in [0.1, 0.15) is 13.2 Å². The third-order valence-electron chi connectivity index (χ3n) is 2.79. The molecule has 1 aliphatic rings. The second-order valence-electron chi connectivity index (χ2n) is 4.03. The molecule has 2 aromatic rings. The summed E-state index contributed by atoms with van der Waals surface area (Å²) < 4.78 is 24.8. The fourth-order valence-electron chi connectivity index (χ4n) is 1.89. The van der Waals surface area contributed by atoms with Crippen LogP contribution in [0.4, 0.5) is 4.39 Å². The Balaban J connectivity index is 2.22. The summed E-state index contributed by atoms with van der Waals surface area (Å²) in [6, 6.07) is 4.43. The van der Waals surface area contributed by atoms with Crippen molar-refractivity contribution in [2.45, 2.75) is 0 Å². The van der Waals surface area contributed by atoms with Crippen LogP contribution in [0.2, 0.25) is 5.15 Å². The normalized spacial score (nSPS) is 13.3. The fraction of sp³-hybridized carbons (Fsp3) is 0.167. The first kappa shape index (κ1) is 12.7. The van der Waals surface area contributed by atoms with E-state index in [1.807, 2.05) is 0 Å². The highest BCUT2D eigenvalue weighted by Gasteiger charge is 2.17. The van der Waals surface area contributed by atoms with Crippen LogP contribution in [-0.4, -0.2) is 22.8 Å². The lowest BCUT2D eigenvalue weighted by molar-refractivity contribution is 0.171. The second-order valence-corrected chi connectivity index (χ2v) is 4.40. The van der Waals surface area contributed by atoms with E-state index in [-0.39, 0.29) is 5.69 Å². The van der Waals surface area contributed by atoms with Crippen LogP contribution in [0.5, 0.6) is 11.5 Å². The Morgan fingerprint density at radius 2 is 1.90 bits per heavy atom. The van der Waals surface area contributed by atoms with Crippen molar-refractivity contribution < 1.29 is 13.9 Å². The van der Waals surface area contributed by atoms with Gasteiger partial charge >= 0.3 is 5.69 Å². The van der Waals surface area contributed by atoms with Crippen molar-refractivity contribution in [3.63, 3.8) is 0 Å². The standard InChI is InChI=1S/C12H8ClFN2O4/c13-10-9(14)11(17)16(12(18)15-10)6-1-2-7-8(5-6)20-4-3-19-7/h1-2,5H,3-4H2,(H,15,18). The van der Waals surface area contributed by atoms with Crippen molar-refractivity contribution >= 4 is 11.6 Å². The Hall–Kier alpha value is -2.28. The summed E-state index contributed by atoms with van der Waals surface area (Å²) in [6.45, 7) is 0.777. The van der Waals surface area contributed by atoms with Crippen LogP contribution in [0.15, 0.2) is 27.8 Å². The van der Waals surface area contributed by atoms with Crippen LogP contribution in [0.1, 0.15) is 0 Å². The Bertz CT molecular complexity index is 799. The largest absolute Gasteiger partial charge is 0.486 e. The number of ether oxygens (including phenoxy) is 2. The minimum atomic E-state index is -1.22. The molecule has 0 spiro atoms. The van der Waals surface area contributed by atoms with Crippen molar-refractivity contribution in [2.75, 3.05) is 13.2 Å². The highest BCUT2D eigenvalue weighted by Crippen LogP contribution is 2.31. The van der Waals surface area contributed by atoms with Gasteiger partial charge in [-0.3, -0.25) is 9.78 Å². The zero-order chi connectivity index (χ0) is 14.3. The van der Waals surface area contributed by atoms with E-state index in [4.69, 9.17) is 21.1 Å². The molecule has 2 heterocycles. The zero-order valence-corrected chi connectivity index (χ0v) is 10.7. The lowest BCUT2D eigenvalue weighted by atomic mass is 10.2. The zero-order valence-electron chi connectivity index (χ0n) is 9.98. The maximum absolute atomic E-state index is 13.5. The van der Waals surface area contributed by atoms with E-state index in [1.165, 1.54) is 12.1 Å². The molecule has 0 saturated carbocycles. The minimum absolute atomic E-state index is 0.163. The van der Waals surface area contributed by atoms with Crippen LogP contribution < -0.4 is 20.7 Å². The van der Waals surface area contributed by atoms with Crippen molar-refractivity contribution in [1.29, 1.82) is 0 Å². The van der Waals surface area contributed by atoms with Gasteiger partial charge < -0.3 is 9.47 Å². The number of nitrogens with one attached hydrogen (secondary N) is 1. The molecule has 1 aliphatic heterocycles. The SMILES string of the molecule is O=c1[nH]c(Cl)c(F)c(=O)n1-c1ccc2c(c1)OCCO2. The lowest BCUT2D eigenvalue weighted by Gasteiger charge is -2.19. The summed E-state index contributed by atoms with van der Waals surface area (Å²) in [5.74, 6) is -0.338. The molecule has 0 bridgehead atoms. The molecular weight excluding hydrogens is 291 g/mol. The number of H-pyrrole nitrogens is 1. The average Bonchev–Trinajstić information content (AvgIpc) is 2.45. The van der Waals surface area contributed by atoms with Gasteiger partial charge in [0.05, 0.1) is 5.69 Å². The summed E-state index contributed by atoms with van der Waals surface area (Å²) >= 11 is 5.41. The molecule has 0 saturated heterocycles. The summed E-state index contributed by atoms with van der Waals surface area (Å²) in [5.41, 5.74) is -1.80. The Kier molecular flexibility index (Phi) is 2.98. The maximum atomic E-state index is 13.5.